The Labute approximate surface area is 77.7 Å². The lowest BCUT2D eigenvalue weighted by Crippen LogP contribution is -1.79. The summed E-state index contributed by atoms with van der Waals surface area (Å²) < 4.78 is 0. The van der Waals surface area contributed by atoms with Gasteiger partial charge in [-0.1, -0.05) is 30.4 Å². The molecule has 0 spiro atoms. The Morgan fingerprint density at radius 2 is 2.17 bits per heavy atom. The summed E-state index contributed by atoms with van der Waals surface area (Å²) in [5, 5.41) is 8.71. The van der Waals surface area contributed by atoms with Gasteiger partial charge in [0.1, 0.15) is 0 Å². The summed E-state index contributed by atoms with van der Waals surface area (Å²) in [6.07, 6.45) is 3.82. The van der Waals surface area contributed by atoms with Gasteiger partial charge in [0.25, 0.3) is 0 Å². The molecule has 0 aliphatic rings. The van der Waals surface area contributed by atoms with Gasteiger partial charge in [-0.2, -0.15) is 17.9 Å². The van der Waals surface area contributed by atoms with Crippen LogP contribution in [-0.2, 0) is 0 Å². The first kappa shape index (κ1) is 8.89. The van der Waals surface area contributed by atoms with Gasteiger partial charge in [-0.05, 0) is 11.6 Å². The van der Waals surface area contributed by atoms with Crippen molar-refractivity contribution in [3.05, 3.63) is 41.5 Å². The van der Waals surface area contributed by atoms with Crippen LogP contribution in [0.1, 0.15) is 11.1 Å². The Morgan fingerprint density at radius 1 is 1.42 bits per heavy atom. The van der Waals surface area contributed by atoms with Crippen LogP contribution in [0.25, 0.3) is 6.08 Å². The average molecular weight is 175 g/mol. The van der Waals surface area contributed by atoms with Crippen LogP contribution >= 0.6 is 12.6 Å². The molecule has 0 saturated carbocycles. The number of rotatable bonds is 2. The lowest BCUT2D eigenvalue weighted by molar-refractivity contribution is 1.47. The van der Waals surface area contributed by atoms with Crippen LogP contribution in [0, 0.1) is 11.3 Å². The van der Waals surface area contributed by atoms with Gasteiger partial charge in [0.15, 0.2) is 0 Å². The topological polar surface area (TPSA) is 23.8 Å². The minimum Gasteiger partial charge on any atom is -0.192 e. The Bertz CT molecular complexity index is 323. The molecule has 1 aromatic rings. The molecule has 1 aromatic carbocycles. The van der Waals surface area contributed by atoms with Gasteiger partial charge in [-0.15, -0.1) is 0 Å². The molecule has 0 saturated heterocycles. The van der Waals surface area contributed by atoms with Crippen molar-refractivity contribution < 1.29 is 0 Å². The van der Waals surface area contributed by atoms with Crippen LogP contribution in [0.2, 0.25) is 0 Å². The zero-order chi connectivity index (χ0) is 8.81. The number of hydrogen-bond acceptors (Lipinski definition) is 2. The molecule has 0 unspecified atom stereocenters. The second-order valence-corrected chi connectivity index (χ2v) is 2.65. The van der Waals surface area contributed by atoms with Gasteiger partial charge in [-0.3, -0.25) is 0 Å². The zero-order valence-electron chi connectivity index (χ0n) is 6.57. The van der Waals surface area contributed by atoms with E-state index in [1.54, 1.807) is 6.07 Å². The molecule has 1 nitrogen and oxygen atoms in total. The molecule has 0 radical (unpaired) electrons. The van der Waals surface area contributed by atoms with Gasteiger partial charge >= 0.3 is 0 Å². The summed E-state index contributed by atoms with van der Waals surface area (Å²) >= 11 is 4.04. The van der Waals surface area contributed by atoms with Crippen molar-refractivity contribution in [2.45, 2.75) is 0 Å². The number of nitrogens with zero attached hydrogens (tertiary/aromatic N) is 1. The number of hydrogen-bond donors (Lipinski definition) is 1. The van der Waals surface area contributed by atoms with E-state index >= 15 is 0 Å². The second-order valence-electron chi connectivity index (χ2n) is 2.28. The van der Waals surface area contributed by atoms with Crippen LogP contribution < -0.4 is 0 Å². The van der Waals surface area contributed by atoms with Gasteiger partial charge in [0.2, 0.25) is 0 Å². The molecule has 0 fully saturated rings. The quantitative estimate of drug-likeness (QED) is 0.686. The van der Waals surface area contributed by atoms with E-state index in [0.717, 1.165) is 5.56 Å². The van der Waals surface area contributed by atoms with E-state index in [2.05, 4.69) is 18.7 Å². The van der Waals surface area contributed by atoms with Gasteiger partial charge < -0.3 is 0 Å². The fraction of sp³-hybridized carbons (Fsp3) is 0.100. The first-order chi connectivity index (χ1) is 5.88. The molecule has 1 rings (SSSR count). The normalized spacial score (nSPS) is 10.0. The van der Waals surface area contributed by atoms with Crippen molar-refractivity contribution in [2.24, 2.45) is 0 Å². The SMILES string of the molecule is N#Cc1ccccc1C=CCS. The first-order valence-corrected chi connectivity index (χ1v) is 4.28. The standard InChI is InChI=1S/C10H9NS/c11-8-10-5-2-1-4-9(10)6-3-7-12/h1-6,12H,7H2. The summed E-state index contributed by atoms with van der Waals surface area (Å²) in [6.45, 7) is 0. The average Bonchev–Trinajstić information content (AvgIpc) is 2.15. The Kier molecular flexibility index (Phi) is 3.43. The highest BCUT2D eigenvalue weighted by Crippen LogP contribution is 2.08. The van der Waals surface area contributed by atoms with Crippen LogP contribution in [0.15, 0.2) is 30.3 Å². The smallest absolute Gasteiger partial charge is 0.0997 e. The molecule has 0 heterocycles. The summed E-state index contributed by atoms with van der Waals surface area (Å²) in [6, 6.07) is 9.62. The van der Waals surface area contributed by atoms with Crippen LogP contribution in [0.5, 0.6) is 0 Å². The van der Waals surface area contributed by atoms with E-state index in [-0.39, 0.29) is 0 Å². The molecule has 0 bridgehead atoms. The van der Waals surface area contributed by atoms with Gasteiger partial charge in [-0.25, -0.2) is 0 Å². The van der Waals surface area contributed by atoms with E-state index < -0.39 is 0 Å². The molecular formula is C10H9NS. The highest BCUT2D eigenvalue weighted by molar-refractivity contribution is 7.80. The minimum absolute atomic E-state index is 0.694. The van der Waals surface area contributed by atoms with Crippen LogP contribution in [0.4, 0.5) is 0 Å². The van der Waals surface area contributed by atoms with Gasteiger partial charge in [0.05, 0.1) is 11.6 Å². The Hall–Kier alpha value is -1.20. The lowest BCUT2D eigenvalue weighted by atomic mass is 10.1. The number of thiol groups is 1. The third kappa shape index (κ3) is 2.14. The third-order valence-electron chi connectivity index (χ3n) is 1.48. The highest BCUT2D eigenvalue weighted by Gasteiger charge is 1.93. The largest absolute Gasteiger partial charge is 0.192 e. The van der Waals surface area contributed by atoms with Crippen molar-refractivity contribution in [1.82, 2.24) is 0 Å². The van der Waals surface area contributed by atoms with E-state index in [1.165, 1.54) is 0 Å². The van der Waals surface area contributed by atoms with Crippen molar-refractivity contribution in [1.29, 1.82) is 5.26 Å². The monoisotopic (exact) mass is 175 g/mol. The third-order valence-corrected chi connectivity index (χ3v) is 1.69. The fourth-order valence-corrected chi connectivity index (χ4v) is 1.03. The predicted molar refractivity (Wildman–Crippen MR) is 54.0 cm³/mol. The van der Waals surface area contributed by atoms with E-state index in [4.69, 9.17) is 5.26 Å². The summed E-state index contributed by atoms with van der Waals surface area (Å²) in [5.41, 5.74) is 1.66. The second kappa shape index (κ2) is 4.63. The number of nitriles is 1. The van der Waals surface area contributed by atoms with Crippen molar-refractivity contribution in [2.75, 3.05) is 5.75 Å². The van der Waals surface area contributed by atoms with Crippen molar-refractivity contribution in [3.63, 3.8) is 0 Å². The van der Waals surface area contributed by atoms with E-state index in [0.29, 0.717) is 11.3 Å². The molecule has 0 amide bonds. The lowest BCUT2D eigenvalue weighted by Gasteiger charge is -1.94. The predicted octanol–water partition coefficient (Wildman–Crippen LogP) is 2.50. The first-order valence-electron chi connectivity index (χ1n) is 3.65. The zero-order valence-corrected chi connectivity index (χ0v) is 7.46. The van der Waals surface area contributed by atoms with Crippen LogP contribution in [0.3, 0.4) is 0 Å². The molecule has 60 valence electrons. The molecular weight excluding hydrogens is 166 g/mol. The Balaban J connectivity index is 2.99. The van der Waals surface area contributed by atoms with Gasteiger partial charge in [0, 0.05) is 5.75 Å². The molecule has 12 heavy (non-hydrogen) atoms. The molecule has 2 heteroatoms. The highest BCUT2D eigenvalue weighted by atomic mass is 32.1. The summed E-state index contributed by atoms with van der Waals surface area (Å²) in [5.74, 6) is 0.694. The van der Waals surface area contributed by atoms with Crippen molar-refractivity contribution in [3.8, 4) is 6.07 Å². The molecule has 0 aliphatic heterocycles. The molecule has 0 aromatic heterocycles. The van der Waals surface area contributed by atoms with Crippen molar-refractivity contribution >= 4 is 18.7 Å². The summed E-state index contributed by atoms with van der Waals surface area (Å²) in [7, 11) is 0. The maximum atomic E-state index is 8.71. The molecule has 0 N–H and O–H groups in total. The molecule has 0 aliphatic carbocycles. The fourth-order valence-electron chi connectivity index (χ4n) is 0.924. The number of benzene rings is 1. The van der Waals surface area contributed by atoms with E-state index in [1.807, 2.05) is 30.4 Å². The maximum Gasteiger partial charge on any atom is 0.0997 e. The van der Waals surface area contributed by atoms with Crippen LogP contribution in [-0.4, -0.2) is 5.75 Å². The Morgan fingerprint density at radius 3 is 2.83 bits per heavy atom. The summed E-state index contributed by atoms with van der Waals surface area (Å²) in [4.78, 5) is 0. The maximum absolute atomic E-state index is 8.71. The molecule has 0 atom stereocenters. The van der Waals surface area contributed by atoms with E-state index in [9.17, 15) is 0 Å². The minimum atomic E-state index is 0.694.